The van der Waals surface area contributed by atoms with Gasteiger partial charge in [-0.2, -0.15) is 12.6 Å². The smallest absolute Gasteiger partial charge is 0.373 e. The molecule has 0 radical (unpaired) electrons. The SMILES string of the molecule is CCCCO[Si](OCCCC)(OCCCC)C(S)CC. The molecule has 0 spiro atoms. The van der Waals surface area contributed by atoms with E-state index < -0.39 is 8.80 Å². The maximum atomic E-state index is 6.13. The van der Waals surface area contributed by atoms with E-state index in [0.717, 1.165) is 64.8 Å². The Morgan fingerprint density at radius 3 is 1.35 bits per heavy atom. The van der Waals surface area contributed by atoms with Crippen LogP contribution in [0.5, 0.6) is 0 Å². The van der Waals surface area contributed by atoms with Gasteiger partial charge < -0.3 is 13.3 Å². The van der Waals surface area contributed by atoms with Crippen LogP contribution in [0.3, 0.4) is 0 Å². The highest BCUT2D eigenvalue weighted by atomic mass is 32.1. The first-order valence-corrected chi connectivity index (χ1v) is 10.6. The number of unbranched alkanes of at least 4 members (excludes halogenated alkanes) is 3. The molecule has 0 rings (SSSR count). The second-order valence-electron chi connectivity index (χ2n) is 5.13. The van der Waals surface area contributed by atoms with Crippen molar-refractivity contribution >= 4 is 21.4 Å². The monoisotopic (exact) mass is 322 g/mol. The van der Waals surface area contributed by atoms with Gasteiger partial charge >= 0.3 is 8.80 Å². The normalized spacial score (nSPS) is 13.7. The van der Waals surface area contributed by atoms with Crippen molar-refractivity contribution in [3.63, 3.8) is 0 Å². The maximum absolute atomic E-state index is 6.13. The molecule has 1 unspecified atom stereocenters. The highest BCUT2D eigenvalue weighted by molar-refractivity contribution is 7.83. The molecule has 3 nitrogen and oxygen atoms in total. The molecule has 0 aliphatic carbocycles. The summed E-state index contributed by atoms with van der Waals surface area (Å²) in [4.78, 5) is 0.0769. The fraction of sp³-hybridized carbons (Fsp3) is 1.00. The molecule has 0 aromatic rings. The molecule has 0 aromatic heterocycles. The molecular formula is C15H34O3SSi. The molecule has 0 heterocycles. The van der Waals surface area contributed by atoms with Crippen molar-refractivity contribution in [3.8, 4) is 0 Å². The zero-order chi connectivity index (χ0) is 15.3. The molecule has 0 aliphatic rings. The van der Waals surface area contributed by atoms with Gasteiger partial charge in [-0.25, -0.2) is 0 Å². The fourth-order valence-corrected chi connectivity index (χ4v) is 5.02. The van der Waals surface area contributed by atoms with Gasteiger partial charge in [0, 0.05) is 19.8 Å². The molecule has 5 heteroatoms. The van der Waals surface area contributed by atoms with E-state index in [1.54, 1.807) is 0 Å². The van der Waals surface area contributed by atoms with E-state index in [-0.39, 0.29) is 4.87 Å². The van der Waals surface area contributed by atoms with Crippen molar-refractivity contribution in [2.75, 3.05) is 19.8 Å². The summed E-state index contributed by atoms with van der Waals surface area (Å²) in [5, 5.41) is 0. The number of rotatable bonds is 14. The van der Waals surface area contributed by atoms with Crippen LogP contribution < -0.4 is 0 Å². The van der Waals surface area contributed by atoms with Gasteiger partial charge in [-0.05, 0) is 25.7 Å². The molecule has 0 aromatic carbocycles. The van der Waals surface area contributed by atoms with Crippen LogP contribution >= 0.6 is 12.6 Å². The van der Waals surface area contributed by atoms with Crippen LogP contribution in [0.4, 0.5) is 0 Å². The van der Waals surface area contributed by atoms with E-state index in [1.165, 1.54) is 0 Å². The highest BCUT2D eigenvalue weighted by Crippen LogP contribution is 2.23. The Hall–Kier alpha value is 0.447. The number of hydrogen-bond donors (Lipinski definition) is 1. The molecule has 20 heavy (non-hydrogen) atoms. The zero-order valence-corrected chi connectivity index (χ0v) is 15.7. The van der Waals surface area contributed by atoms with E-state index in [4.69, 9.17) is 25.9 Å². The van der Waals surface area contributed by atoms with Crippen molar-refractivity contribution in [1.82, 2.24) is 0 Å². The average molecular weight is 323 g/mol. The van der Waals surface area contributed by atoms with E-state index in [2.05, 4.69) is 27.7 Å². The van der Waals surface area contributed by atoms with E-state index in [1.807, 2.05) is 0 Å². The highest BCUT2D eigenvalue weighted by Gasteiger charge is 2.47. The lowest BCUT2D eigenvalue weighted by Crippen LogP contribution is -2.54. The third-order valence-corrected chi connectivity index (χ3v) is 7.56. The summed E-state index contributed by atoms with van der Waals surface area (Å²) in [6, 6.07) is 0. The summed E-state index contributed by atoms with van der Waals surface area (Å²) in [7, 11) is -2.65. The second-order valence-corrected chi connectivity index (χ2v) is 9.01. The van der Waals surface area contributed by atoms with Crippen molar-refractivity contribution in [3.05, 3.63) is 0 Å². The Labute approximate surface area is 132 Å². The summed E-state index contributed by atoms with van der Waals surface area (Å²) < 4.78 is 18.4. The first kappa shape index (κ1) is 20.4. The number of thiol groups is 1. The van der Waals surface area contributed by atoms with Crippen molar-refractivity contribution < 1.29 is 13.3 Å². The van der Waals surface area contributed by atoms with Crippen LogP contribution in [0.25, 0.3) is 0 Å². The lowest BCUT2D eigenvalue weighted by Gasteiger charge is -2.33. The first-order chi connectivity index (χ1) is 9.66. The van der Waals surface area contributed by atoms with E-state index >= 15 is 0 Å². The molecular weight excluding hydrogens is 288 g/mol. The minimum absolute atomic E-state index is 0.0769. The van der Waals surface area contributed by atoms with Gasteiger partial charge in [0.05, 0.1) is 4.87 Å². The van der Waals surface area contributed by atoms with Gasteiger partial charge in [0.1, 0.15) is 0 Å². The summed E-state index contributed by atoms with van der Waals surface area (Å²) in [5.74, 6) is 0. The van der Waals surface area contributed by atoms with Crippen molar-refractivity contribution in [2.45, 2.75) is 77.5 Å². The lowest BCUT2D eigenvalue weighted by atomic mass is 10.4. The average Bonchev–Trinajstić information content (AvgIpc) is 2.46. The summed E-state index contributed by atoms with van der Waals surface area (Å²) in [6.45, 7) is 10.8. The molecule has 0 N–H and O–H groups in total. The summed E-state index contributed by atoms with van der Waals surface area (Å²) in [6.07, 6.45) is 7.43. The molecule has 122 valence electrons. The van der Waals surface area contributed by atoms with Crippen LogP contribution in [0.15, 0.2) is 0 Å². The largest absolute Gasteiger partial charge is 0.514 e. The Kier molecular flexibility index (Phi) is 13.4. The predicted molar refractivity (Wildman–Crippen MR) is 91.4 cm³/mol. The minimum atomic E-state index is -2.65. The van der Waals surface area contributed by atoms with Crippen LogP contribution in [0, 0.1) is 0 Å². The van der Waals surface area contributed by atoms with Crippen molar-refractivity contribution in [1.29, 1.82) is 0 Å². The summed E-state index contributed by atoms with van der Waals surface area (Å²) >= 11 is 4.70. The molecule has 0 amide bonds. The molecule has 0 aliphatic heterocycles. The van der Waals surface area contributed by atoms with Gasteiger partial charge in [-0.1, -0.05) is 47.0 Å². The van der Waals surface area contributed by atoms with Crippen LogP contribution in [-0.2, 0) is 13.3 Å². The number of hydrogen-bond acceptors (Lipinski definition) is 4. The van der Waals surface area contributed by atoms with Crippen molar-refractivity contribution in [2.24, 2.45) is 0 Å². The van der Waals surface area contributed by atoms with Gasteiger partial charge in [-0.15, -0.1) is 0 Å². The molecule has 0 saturated heterocycles. The Balaban J connectivity index is 4.66. The Bertz CT molecular complexity index is 191. The molecule has 0 fully saturated rings. The third-order valence-electron chi connectivity index (χ3n) is 3.20. The minimum Gasteiger partial charge on any atom is -0.373 e. The van der Waals surface area contributed by atoms with Gasteiger partial charge in [0.2, 0.25) is 0 Å². The standard InChI is InChI=1S/C15H34O3SSi/c1-5-9-12-16-20(15(19)8-4,17-13-10-6-2)18-14-11-7-3/h15,19H,5-14H2,1-4H3. The Morgan fingerprint density at radius 2 is 1.10 bits per heavy atom. The van der Waals surface area contributed by atoms with E-state index in [9.17, 15) is 0 Å². The molecule has 1 atom stereocenters. The molecule has 0 saturated carbocycles. The predicted octanol–water partition coefficient (Wildman–Crippen LogP) is 4.62. The quantitative estimate of drug-likeness (QED) is 0.287. The van der Waals surface area contributed by atoms with Gasteiger partial charge in [-0.3, -0.25) is 0 Å². The Morgan fingerprint density at radius 1 is 0.750 bits per heavy atom. The molecule has 0 bridgehead atoms. The first-order valence-electron chi connectivity index (χ1n) is 8.26. The zero-order valence-electron chi connectivity index (χ0n) is 13.8. The van der Waals surface area contributed by atoms with Crippen LogP contribution in [0.2, 0.25) is 0 Å². The third kappa shape index (κ3) is 8.03. The second kappa shape index (κ2) is 13.1. The fourth-order valence-electron chi connectivity index (χ4n) is 1.74. The lowest BCUT2D eigenvalue weighted by molar-refractivity contribution is 0.0545. The van der Waals surface area contributed by atoms with Gasteiger partial charge in [0.25, 0.3) is 0 Å². The van der Waals surface area contributed by atoms with Gasteiger partial charge in [0.15, 0.2) is 0 Å². The maximum Gasteiger partial charge on any atom is 0.514 e. The van der Waals surface area contributed by atoms with Crippen LogP contribution in [-0.4, -0.2) is 33.5 Å². The topological polar surface area (TPSA) is 27.7 Å². The summed E-state index contributed by atoms with van der Waals surface area (Å²) in [5.41, 5.74) is 0. The van der Waals surface area contributed by atoms with Crippen LogP contribution in [0.1, 0.15) is 72.6 Å². The van der Waals surface area contributed by atoms with E-state index in [0.29, 0.717) is 0 Å².